The molecule has 0 aliphatic rings. The number of nitrogens with zero attached hydrogens (tertiary/aromatic N) is 3. The van der Waals surface area contributed by atoms with Crippen molar-refractivity contribution in [3.05, 3.63) is 78.0 Å². The Labute approximate surface area is 199 Å². The van der Waals surface area contributed by atoms with Crippen molar-refractivity contribution in [1.29, 1.82) is 0 Å². The molecule has 34 heavy (non-hydrogen) atoms. The van der Waals surface area contributed by atoms with Crippen LogP contribution in [-0.4, -0.2) is 33.0 Å². The van der Waals surface area contributed by atoms with Crippen LogP contribution in [0.5, 0.6) is 5.88 Å². The SMILES string of the molecule is Cc1ccc(-c2nn(CCNC(=O)OC(C)(C)C)c3ccccc23)c(OCc2ccccc2)n1. The van der Waals surface area contributed by atoms with Crippen LogP contribution in [0.2, 0.25) is 0 Å². The van der Waals surface area contributed by atoms with Gasteiger partial charge >= 0.3 is 6.09 Å². The maximum absolute atomic E-state index is 12.0. The van der Waals surface area contributed by atoms with Gasteiger partial charge in [-0.05, 0) is 51.5 Å². The normalized spacial score (nSPS) is 11.4. The van der Waals surface area contributed by atoms with Crippen molar-refractivity contribution in [2.24, 2.45) is 0 Å². The first-order valence-corrected chi connectivity index (χ1v) is 11.4. The molecule has 7 nitrogen and oxygen atoms in total. The molecule has 7 heteroatoms. The van der Waals surface area contributed by atoms with Crippen molar-refractivity contribution in [1.82, 2.24) is 20.1 Å². The summed E-state index contributed by atoms with van der Waals surface area (Å²) in [5.74, 6) is 0.547. The number of nitrogens with one attached hydrogen (secondary N) is 1. The lowest BCUT2D eigenvalue weighted by atomic mass is 10.1. The van der Waals surface area contributed by atoms with Gasteiger partial charge in [-0.15, -0.1) is 0 Å². The molecule has 0 bridgehead atoms. The summed E-state index contributed by atoms with van der Waals surface area (Å²) in [5, 5.41) is 8.68. The Morgan fingerprint density at radius 1 is 1.00 bits per heavy atom. The molecule has 176 valence electrons. The average molecular weight is 459 g/mol. The number of aryl methyl sites for hydroxylation is 1. The van der Waals surface area contributed by atoms with Crippen LogP contribution in [0.25, 0.3) is 22.2 Å². The summed E-state index contributed by atoms with van der Waals surface area (Å²) in [6, 6.07) is 22.0. The van der Waals surface area contributed by atoms with Gasteiger partial charge in [-0.25, -0.2) is 9.78 Å². The molecule has 4 aromatic rings. The fraction of sp³-hybridized carbons (Fsp3) is 0.296. The van der Waals surface area contributed by atoms with Crippen LogP contribution >= 0.6 is 0 Å². The van der Waals surface area contributed by atoms with E-state index in [9.17, 15) is 4.79 Å². The summed E-state index contributed by atoms with van der Waals surface area (Å²) < 4.78 is 13.4. The molecule has 0 fully saturated rings. The molecule has 2 aromatic carbocycles. The first kappa shape index (κ1) is 23.3. The van der Waals surface area contributed by atoms with Crippen LogP contribution in [0.4, 0.5) is 4.79 Å². The van der Waals surface area contributed by atoms with Crippen LogP contribution < -0.4 is 10.1 Å². The van der Waals surface area contributed by atoms with Gasteiger partial charge in [0.1, 0.15) is 17.9 Å². The zero-order chi connectivity index (χ0) is 24.1. The zero-order valence-electron chi connectivity index (χ0n) is 20.0. The first-order chi connectivity index (χ1) is 16.3. The smallest absolute Gasteiger partial charge is 0.407 e. The third kappa shape index (κ3) is 5.73. The molecule has 0 saturated carbocycles. The molecule has 2 heterocycles. The molecule has 1 amide bonds. The van der Waals surface area contributed by atoms with E-state index in [0.29, 0.717) is 25.6 Å². The highest BCUT2D eigenvalue weighted by molar-refractivity contribution is 5.94. The third-order valence-electron chi connectivity index (χ3n) is 5.12. The first-order valence-electron chi connectivity index (χ1n) is 11.4. The molecule has 4 rings (SSSR count). The van der Waals surface area contributed by atoms with Gasteiger partial charge in [0.2, 0.25) is 5.88 Å². The Kier molecular flexibility index (Phi) is 6.82. The van der Waals surface area contributed by atoms with E-state index in [1.807, 2.05) is 99.1 Å². The third-order valence-corrected chi connectivity index (χ3v) is 5.12. The number of fused-ring (bicyclic) bond motifs is 1. The highest BCUT2D eigenvalue weighted by Gasteiger charge is 2.19. The highest BCUT2D eigenvalue weighted by Crippen LogP contribution is 2.34. The van der Waals surface area contributed by atoms with Crippen LogP contribution in [0.3, 0.4) is 0 Å². The second-order valence-corrected chi connectivity index (χ2v) is 9.10. The highest BCUT2D eigenvalue weighted by atomic mass is 16.6. The van der Waals surface area contributed by atoms with Crippen molar-refractivity contribution < 1.29 is 14.3 Å². The summed E-state index contributed by atoms with van der Waals surface area (Å²) in [7, 11) is 0. The fourth-order valence-electron chi connectivity index (χ4n) is 3.62. The minimum atomic E-state index is -0.537. The van der Waals surface area contributed by atoms with E-state index in [4.69, 9.17) is 14.6 Å². The van der Waals surface area contributed by atoms with Crippen molar-refractivity contribution in [3.63, 3.8) is 0 Å². The zero-order valence-corrected chi connectivity index (χ0v) is 20.0. The molecule has 0 unspecified atom stereocenters. The Morgan fingerprint density at radius 3 is 2.50 bits per heavy atom. The lowest BCUT2D eigenvalue weighted by Crippen LogP contribution is -2.34. The number of carbonyl (C=O) groups excluding carboxylic acids is 1. The standard InChI is InChI=1S/C27H30N4O3/c1-19-14-15-22(25(29-19)33-18-20-10-6-5-7-11-20)24-21-12-8-9-13-23(21)31(30-24)17-16-28-26(32)34-27(2,3)4/h5-15H,16-18H2,1-4H3,(H,28,32). The van der Waals surface area contributed by atoms with Gasteiger partial charge in [-0.3, -0.25) is 4.68 Å². The Balaban J connectivity index is 1.59. The maximum Gasteiger partial charge on any atom is 0.407 e. The van der Waals surface area contributed by atoms with Gasteiger partial charge in [0, 0.05) is 17.6 Å². The number of hydrogen-bond acceptors (Lipinski definition) is 5. The minimum Gasteiger partial charge on any atom is -0.472 e. The fourth-order valence-corrected chi connectivity index (χ4v) is 3.62. The summed E-state index contributed by atoms with van der Waals surface area (Å²) in [4.78, 5) is 16.7. The molecule has 0 aliphatic carbocycles. The molecule has 0 atom stereocenters. The quantitative estimate of drug-likeness (QED) is 0.395. The molecule has 0 radical (unpaired) electrons. The summed E-state index contributed by atoms with van der Waals surface area (Å²) >= 11 is 0. The van der Waals surface area contributed by atoms with Gasteiger partial charge < -0.3 is 14.8 Å². The minimum absolute atomic E-state index is 0.392. The lowest BCUT2D eigenvalue weighted by molar-refractivity contribution is 0.0526. The number of ether oxygens (including phenoxy) is 2. The largest absolute Gasteiger partial charge is 0.472 e. The van der Waals surface area contributed by atoms with Gasteiger partial charge in [0.15, 0.2) is 0 Å². The van der Waals surface area contributed by atoms with Crippen LogP contribution in [0, 0.1) is 6.92 Å². The van der Waals surface area contributed by atoms with Gasteiger partial charge in [-0.1, -0.05) is 48.5 Å². The molecule has 1 N–H and O–H groups in total. The molecule has 0 spiro atoms. The monoisotopic (exact) mass is 458 g/mol. The van der Waals surface area contributed by atoms with Crippen molar-refractivity contribution in [2.45, 2.75) is 46.4 Å². The number of amides is 1. The molecular formula is C27H30N4O3. The predicted octanol–water partition coefficient (Wildman–Crippen LogP) is 5.51. The number of pyridine rings is 1. The number of para-hydroxylation sites is 1. The Morgan fingerprint density at radius 2 is 1.74 bits per heavy atom. The second-order valence-electron chi connectivity index (χ2n) is 9.10. The lowest BCUT2D eigenvalue weighted by Gasteiger charge is -2.19. The van der Waals surface area contributed by atoms with Crippen LogP contribution in [0.15, 0.2) is 66.7 Å². The summed E-state index contributed by atoms with van der Waals surface area (Å²) in [5.41, 5.74) is 4.00. The number of carbonyl (C=O) groups is 1. The van der Waals surface area contributed by atoms with E-state index in [-0.39, 0.29) is 0 Å². The molecule has 0 saturated heterocycles. The number of alkyl carbamates (subject to hydrolysis) is 1. The van der Waals surface area contributed by atoms with Gasteiger partial charge in [0.05, 0.1) is 17.6 Å². The summed E-state index contributed by atoms with van der Waals surface area (Å²) in [6.07, 6.45) is -0.441. The van der Waals surface area contributed by atoms with Crippen LogP contribution in [-0.2, 0) is 17.9 Å². The summed E-state index contributed by atoms with van der Waals surface area (Å²) in [6.45, 7) is 8.77. The molecular weight excluding hydrogens is 428 g/mol. The molecule has 0 aliphatic heterocycles. The van der Waals surface area contributed by atoms with E-state index < -0.39 is 11.7 Å². The van der Waals surface area contributed by atoms with Crippen molar-refractivity contribution >= 4 is 17.0 Å². The molecule has 2 aromatic heterocycles. The van der Waals surface area contributed by atoms with E-state index in [2.05, 4.69) is 10.3 Å². The van der Waals surface area contributed by atoms with E-state index in [1.54, 1.807) is 0 Å². The Bertz CT molecular complexity index is 1280. The predicted molar refractivity (Wildman–Crippen MR) is 133 cm³/mol. The van der Waals surface area contributed by atoms with E-state index in [1.165, 1.54) is 0 Å². The van der Waals surface area contributed by atoms with Crippen molar-refractivity contribution in [3.8, 4) is 17.1 Å². The topological polar surface area (TPSA) is 78.3 Å². The van der Waals surface area contributed by atoms with E-state index in [0.717, 1.165) is 33.4 Å². The second kappa shape index (κ2) is 9.95. The number of rotatable bonds is 7. The number of aromatic nitrogens is 3. The maximum atomic E-state index is 12.0. The van der Waals surface area contributed by atoms with Crippen molar-refractivity contribution in [2.75, 3.05) is 6.54 Å². The van der Waals surface area contributed by atoms with Gasteiger partial charge in [-0.2, -0.15) is 5.10 Å². The van der Waals surface area contributed by atoms with Gasteiger partial charge in [0.25, 0.3) is 0 Å². The van der Waals surface area contributed by atoms with E-state index >= 15 is 0 Å². The number of hydrogen-bond donors (Lipinski definition) is 1. The Hall–Kier alpha value is -3.87. The average Bonchev–Trinajstić information content (AvgIpc) is 3.16. The van der Waals surface area contributed by atoms with Crippen LogP contribution in [0.1, 0.15) is 32.0 Å². The number of benzene rings is 2.